The Hall–Kier alpha value is -0.880. The lowest BCUT2D eigenvalue weighted by atomic mass is 9.45. The first-order valence-corrected chi connectivity index (χ1v) is 48.6. The van der Waals surface area contributed by atoms with Crippen LogP contribution in [0, 0.1) is 122 Å². The molecule has 30 aliphatic rings. The molecule has 11 saturated heterocycles. The lowest BCUT2D eigenvalue weighted by Crippen LogP contribution is -2.58. The molecule has 682 valence electrons. The van der Waals surface area contributed by atoms with Crippen LogP contribution in [0.25, 0.3) is 0 Å². The van der Waals surface area contributed by atoms with Crippen LogP contribution >= 0.6 is 0 Å². The standard InChI is InChI=1S/2C11H18O2.C10H16O2.C10H18O2.C9H14O2.2C9H16O2.C8H12O2.C8H14O2.C7H12O2.C5H8O2/c1-10(2)7-5-8(10)9-11(6-7,13-9)3-4-12;1-10(2)7-5-8(10)11(3-4-12)9(6-7)13-11;1-9(2)6-3-7(9)10(5-11)8(4-6)12-10;1-9(2,11)7-4-5-10(3)8(6-7)12-10;1-9(2)4-3-5(10)6(9)8-7(4)11-8;1-3-9(10)5-4-8(2)7(6-9)11-8;1-3-6-5(2)7(10)4-8-9(6)11-8;9-3-5-1-4-2-6(5)8-7(4)10-8;1-5-2-7-8(10-7)3-6(5)4-9;8-4-5-1-2-6-7(3-5)9-6;6-3-1-4-5(2-3)7-4/h2*7-9,12H,3-6H2,1-2H3;6-8,11H,3-5H2,1-2H3;7-8,11H,4-6H2,1-3H3;4-8,10H,3H2,1-2H3;7,10H,3-6H2,1-2H3;5-10H,3-4H2,1-2H3;4-9H,1-3H2;5-9H,2-4H2,1H3;5-8H,1-4H2;3-6H,1-2H2. The normalized spacial score (nSPS) is 55.4. The van der Waals surface area contributed by atoms with Gasteiger partial charge in [-0.25, -0.2) is 0 Å². The van der Waals surface area contributed by atoms with Crippen molar-refractivity contribution in [2.75, 3.05) is 39.6 Å². The summed E-state index contributed by atoms with van der Waals surface area (Å²) in [5, 5.41) is 102. The van der Waals surface area contributed by atoms with E-state index in [0.717, 1.165) is 157 Å². The fourth-order valence-corrected chi connectivity index (χ4v) is 28.9. The highest BCUT2D eigenvalue weighted by molar-refractivity contribution is 5.25. The van der Waals surface area contributed by atoms with Gasteiger partial charge in [-0.3, -0.25) is 0 Å². The molecule has 10 bridgehead atoms. The van der Waals surface area contributed by atoms with Crippen molar-refractivity contribution in [2.45, 2.75) is 445 Å². The Labute approximate surface area is 712 Å². The van der Waals surface area contributed by atoms with Crippen molar-refractivity contribution in [1.29, 1.82) is 0 Å². The van der Waals surface area contributed by atoms with Gasteiger partial charge in [-0.05, 0) is 272 Å². The maximum atomic E-state index is 9.91. The Morgan fingerprint density at radius 3 is 1.57 bits per heavy atom. The predicted octanol–water partition coefficient (Wildman–Crippen LogP) is 11.1. The fraction of sp³-hybridized carbons (Fsp3) is 1.00. The number of epoxide rings is 11. The third kappa shape index (κ3) is 17.2. The Balaban J connectivity index is 0.0000000938. The predicted molar refractivity (Wildman–Crippen MR) is 445 cm³/mol. The van der Waals surface area contributed by atoms with Gasteiger partial charge in [0.25, 0.3) is 0 Å². The molecule has 0 aromatic carbocycles. The van der Waals surface area contributed by atoms with Crippen LogP contribution in [-0.4, -0.2) is 257 Å². The largest absolute Gasteiger partial charge is 0.396 e. The molecule has 22 nitrogen and oxygen atoms in total. The molecule has 0 aromatic heterocycles. The summed E-state index contributed by atoms with van der Waals surface area (Å²) >= 11 is 0. The minimum absolute atomic E-state index is 0.0521. The highest BCUT2D eigenvalue weighted by Gasteiger charge is 2.77. The van der Waals surface area contributed by atoms with Crippen molar-refractivity contribution < 1.29 is 108 Å². The molecular weight excluding hydrogens is 1520 g/mol. The van der Waals surface area contributed by atoms with Crippen LogP contribution in [0.15, 0.2) is 0 Å². The highest BCUT2D eigenvalue weighted by Crippen LogP contribution is 2.74. The Morgan fingerprint density at radius 2 is 1.05 bits per heavy atom. The van der Waals surface area contributed by atoms with Gasteiger partial charge < -0.3 is 108 Å². The highest BCUT2D eigenvalue weighted by atomic mass is 16.6. The van der Waals surface area contributed by atoms with Gasteiger partial charge in [0.1, 0.15) is 11.2 Å². The van der Waals surface area contributed by atoms with Crippen LogP contribution < -0.4 is 0 Å². The molecule has 11 N–H and O–H groups in total. The minimum atomic E-state index is -0.521. The second kappa shape index (κ2) is 32.6. The van der Waals surface area contributed by atoms with E-state index in [1.165, 1.54) is 57.8 Å². The average Bonchev–Trinajstić information content (AvgIpc) is 1.87. The van der Waals surface area contributed by atoms with Gasteiger partial charge >= 0.3 is 0 Å². The maximum Gasteiger partial charge on any atom is 0.121 e. The minimum Gasteiger partial charge on any atom is -0.396 e. The third-order valence-corrected chi connectivity index (χ3v) is 39.0. The molecule has 11 aliphatic heterocycles. The molecule has 0 radical (unpaired) electrons. The van der Waals surface area contributed by atoms with E-state index >= 15 is 0 Å². The number of aliphatic hydroxyl groups is 11. The van der Waals surface area contributed by atoms with E-state index in [9.17, 15) is 25.5 Å². The zero-order chi connectivity index (χ0) is 85.0. The molecule has 30 rings (SSSR count). The molecule has 22 heteroatoms. The zero-order valence-corrected chi connectivity index (χ0v) is 75.6. The van der Waals surface area contributed by atoms with Gasteiger partial charge in [-0.2, -0.15) is 0 Å². The Bertz CT molecular complexity index is 3480. The first kappa shape index (κ1) is 90.1. The number of rotatable bonds is 11. The lowest BCUT2D eigenvalue weighted by Gasteiger charge is -2.58. The summed E-state index contributed by atoms with van der Waals surface area (Å²) in [5.41, 5.74) is 1.27. The molecule has 42 atom stereocenters. The summed E-state index contributed by atoms with van der Waals surface area (Å²) in [6, 6.07) is 0. The fourth-order valence-electron chi connectivity index (χ4n) is 28.9. The monoisotopic (exact) mass is 1680 g/mol. The quantitative estimate of drug-likeness (QED) is 0.0856. The van der Waals surface area contributed by atoms with Crippen molar-refractivity contribution in [3.05, 3.63) is 0 Å². The van der Waals surface area contributed by atoms with E-state index in [4.69, 9.17) is 82.7 Å². The first-order chi connectivity index (χ1) is 56.1. The van der Waals surface area contributed by atoms with Gasteiger partial charge in [0.05, 0.1) is 157 Å². The number of fused-ring (bicyclic) bond motifs is 16. The van der Waals surface area contributed by atoms with Crippen molar-refractivity contribution in [3.8, 4) is 0 Å². The molecule has 0 amide bonds. The van der Waals surface area contributed by atoms with Gasteiger partial charge in [-0.15, -0.1) is 0 Å². The molecule has 0 aromatic rings. The second-order valence-corrected chi connectivity index (χ2v) is 47.3. The summed E-state index contributed by atoms with van der Waals surface area (Å²) < 4.78 is 60.5. The average molecular weight is 1680 g/mol. The van der Waals surface area contributed by atoms with Crippen molar-refractivity contribution in [2.24, 2.45) is 122 Å². The summed E-state index contributed by atoms with van der Waals surface area (Å²) in [6.07, 6.45) is 37.2. The molecule has 19 saturated carbocycles. The molecule has 19 aliphatic carbocycles. The molecule has 11 heterocycles. The molecule has 119 heavy (non-hydrogen) atoms. The number of aliphatic hydroxyl groups excluding tert-OH is 9. The van der Waals surface area contributed by atoms with Gasteiger partial charge in [-0.1, -0.05) is 89.5 Å². The van der Waals surface area contributed by atoms with Crippen LogP contribution in [0.4, 0.5) is 0 Å². The number of ether oxygens (including phenoxy) is 11. The van der Waals surface area contributed by atoms with Crippen LogP contribution in [-0.2, 0) is 52.1 Å². The van der Waals surface area contributed by atoms with E-state index in [0.29, 0.717) is 204 Å². The van der Waals surface area contributed by atoms with E-state index in [2.05, 4.69) is 90.0 Å². The zero-order valence-electron chi connectivity index (χ0n) is 75.6. The van der Waals surface area contributed by atoms with Gasteiger partial charge in [0, 0.05) is 77.5 Å². The number of hydrogen-bond donors (Lipinski definition) is 11. The second-order valence-electron chi connectivity index (χ2n) is 47.3. The van der Waals surface area contributed by atoms with Gasteiger partial charge in [0.15, 0.2) is 0 Å². The van der Waals surface area contributed by atoms with Crippen LogP contribution in [0.3, 0.4) is 0 Å². The summed E-state index contributed by atoms with van der Waals surface area (Å²) in [6.45, 7) is 37.2. The topological polar surface area (TPSA) is 360 Å². The van der Waals surface area contributed by atoms with Crippen molar-refractivity contribution >= 4 is 0 Å². The Morgan fingerprint density at radius 1 is 0.437 bits per heavy atom. The van der Waals surface area contributed by atoms with Crippen molar-refractivity contribution in [3.63, 3.8) is 0 Å². The number of hydrogen-bond acceptors (Lipinski definition) is 22. The van der Waals surface area contributed by atoms with E-state index < -0.39 is 11.2 Å². The van der Waals surface area contributed by atoms with E-state index in [1.54, 1.807) is 0 Å². The van der Waals surface area contributed by atoms with Crippen LogP contribution in [0.5, 0.6) is 0 Å². The molecule has 0 spiro atoms. The molecular formula is C97H162O22. The maximum absolute atomic E-state index is 9.91. The van der Waals surface area contributed by atoms with Crippen LogP contribution in [0.1, 0.15) is 284 Å². The smallest absolute Gasteiger partial charge is 0.121 e. The van der Waals surface area contributed by atoms with E-state index in [1.807, 2.05) is 20.8 Å². The SMILES string of the molecule is CC(C)(O)C1CCC2(C)OC2C1.CC1(C)C2CC(O)C1C1OC12.CC1(C)C2CC1C1OC1(CCO)C2.CC1(C)C2CC3OC3(CCO)C1C2.CC1(C)C2CC3OC3(CO)C1C2.CC1CC2OC2CC1CO.CCC1(O)CCC2(C)OC2C1.CCC1C(C)C(O)CC2OC21.OC1CC2OC2C1.OCC1CC2CC1C1OC21.OCC1CCC2OC2C1. The molecule has 42 unspecified atom stereocenters. The van der Waals surface area contributed by atoms with Gasteiger partial charge in [0.2, 0.25) is 0 Å². The lowest BCUT2D eigenvalue weighted by molar-refractivity contribution is -0.0972. The summed E-state index contributed by atoms with van der Waals surface area (Å²) in [7, 11) is 0. The summed E-state index contributed by atoms with van der Waals surface area (Å²) in [4.78, 5) is 0. The third-order valence-electron chi connectivity index (χ3n) is 39.0. The van der Waals surface area contributed by atoms with E-state index in [-0.39, 0.29) is 66.1 Å². The Kier molecular flexibility index (Phi) is 24.7. The first-order valence-electron chi connectivity index (χ1n) is 48.6. The summed E-state index contributed by atoms with van der Waals surface area (Å²) in [5.74, 6) is 11.0. The van der Waals surface area contributed by atoms with Crippen LogP contribution in [0.2, 0.25) is 0 Å². The molecule has 30 fully saturated rings. The van der Waals surface area contributed by atoms with Crippen molar-refractivity contribution in [1.82, 2.24) is 0 Å².